The van der Waals surface area contributed by atoms with Crippen molar-refractivity contribution in [3.63, 3.8) is 0 Å². The lowest BCUT2D eigenvalue weighted by molar-refractivity contribution is -0.187. The van der Waals surface area contributed by atoms with Crippen LogP contribution in [0.3, 0.4) is 0 Å². The minimum absolute atomic E-state index is 0.0212. The molecule has 156 valence electrons. The summed E-state index contributed by atoms with van der Waals surface area (Å²) in [6, 6.07) is 0. The zero-order valence-electron chi connectivity index (χ0n) is 18.0. The van der Waals surface area contributed by atoms with Crippen LogP contribution < -0.4 is 0 Å². The van der Waals surface area contributed by atoms with Crippen molar-refractivity contribution in [2.45, 2.75) is 91.6 Å². The molecule has 3 fully saturated rings. The van der Waals surface area contributed by atoms with E-state index in [1.54, 1.807) is 5.57 Å². The first-order chi connectivity index (χ1) is 13.2. The van der Waals surface area contributed by atoms with E-state index >= 15 is 0 Å². The molecule has 0 unspecified atom stereocenters. The lowest BCUT2D eigenvalue weighted by Gasteiger charge is -2.48. The number of esters is 2. The third-order valence-corrected chi connectivity index (χ3v) is 7.90. The molecule has 2 saturated carbocycles. The third-order valence-electron chi connectivity index (χ3n) is 7.90. The first-order valence-corrected chi connectivity index (χ1v) is 11.3. The molecule has 1 aliphatic heterocycles. The Morgan fingerprint density at radius 2 is 2.04 bits per heavy atom. The van der Waals surface area contributed by atoms with Crippen molar-refractivity contribution >= 4 is 11.9 Å². The summed E-state index contributed by atoms with van der Waals surface area (Å²) < 4.78 is 11.2. The van der Waals surface area contributed by atoms with Gasteiger partial charge in [-0.25, -0.2) is 0 Å². The summed E-state index contributed by atoms with van der Waals surface area (Å²) in [5.41, 5.74) is 3.73. The predicted octanol–water partition coefficient (Wildman–Crippen LogP) is 5.20. The summed E-state index contributed by atoms with van der Waals surface area (Å²) in [6.07, 6.45) is 9.39. The fourth-order valence-electron chi connectivity index (χ4n) is 6.81. The molecule has 0 bridgehead atoms. The minimum atomic E-state index is -0.0973. The Morgan fingerprint density at radius 3 is 2.71 bits per heavy atom. The maximum Gasteiger partial charge on any atom is 0.313 e. The van der Waals surface area contributed by atoms with Crippen LogP contribution in [0.15, 0.2) is 11.1 Å². The van der Waals surface area contributed by atoms with Crippen LogP contribution in [0.1, 0.15) is 85.5 Å². The second-order valence-electron chi connectivity index (χ2n) is 10.7. The molecule has 0 aromatic rings. The van der Waals surface area contributed by atoms with E-state index in [-0.39, 0.29) is 35.3 Å². The van der Waals surface area contributed by atoms with Gasteiger partial charge in [0, 0.05) is 18.3 Å². The molecule has 5 atom stereocenters. The van der Waals surface area contributed by atoms with E-state index in [4.69, 9.17) is 9.47 Å². The van der Waals surface area contributed by atoms with E-state index in [2.05, 4.69) is 20.8 Å². The van der Waals surface area contributed by atoms with Crippen LogP contribution in [0.25, 0.3) is 0 Å². The number of carbonyl (C=O) groups excluding carboxylic acids is 2. The van der Waals surface area contributed by atoms with Crippen molar-refractivity contribution in [1.82, 2.24) is 0 Å². The highest BCUT2D eigenvalue weighted by molar-refractivity contribution is 5.80. The summed E-state index contributed by atoms with van der Waals surface area (Å²) >= 11 is 0. The molecule has 4 rings (SSSR count). The molecule has 1 saturated heterocycles. The van der Waals surface area contributed by atoms with Crippen molar-refractivity contribution < 1.29 is 19.1 Å². The fraction of sp³-hybridized carbons (Fsp3) is 0.833. The van der Waals surface area contributed by atoms with Gasteiger partial charge in [-0.15, -0.1) is 0 Å². The largest absolute Gasteiger partial charge is 0.465 e. The number of fused-ring (bicyclic) bond motifs is 3. The summed E-state index contributed by atoms with van der Waals surface area (Å²) in [7, 11) is 0. The standard InChI is InChI=1S/C24H36O4/c1-5-7-19(25)27-13-15-8-9-18(24(4)11-6-10-23(2,3)14-24)16-12-17-21(20(15)16)28-22(17)26/h15,17,20-21H,5-14H2,1-4H3/t15-,17-,20-,21-,24+/m1/s1. The molecule has 28 heavy (non-hydrogen) atoms. The molecular formula is C24H36O4. The zero-order valence-corrected chi connectivity index (χ0v) is 18.0. The number of hydrogen-bond acceptors (Lipinski definition) is 4. The van der Waals surface area contributed by atoms with E-state index in [1.165, 1.54) is 31.3 Å². The zero-order chi connectivity index (χ0) is 20.1. The Bertz CT molecular complexity index is 691. The number of allylic oxidation sites excluding steroid dienone is 1. The Balaban J connectivity index is 1.59. The molecule has 0 radical (unpaired) electrons. The quantitative estimate of drug-likeness (QED) is 0.479. The summed E-state index contributed by atoms with van der Waals surface area (Å²) in [5, 5.41) is 0. The van der Waals surface area contributed by atoms with Crippen molar-refractivity contribution in [3.8, 4) is 0 Å². The molecule has 0 spiro atoms. The predicted molar refractivity (Wildman–Crippen MR) is 107 cm³/mol. The number of hydrogen-bond donors (Lipinski definition) is 0. The first-order valence-electron chi connectivity index (χ1n) is 11.3. The van der Waals surface area contributed by atoms with Gasteiger partial charge in [-0.3, -0.25) is 9.59 Å². The number of carbonyl (C=O) groups is 2. The van der Waals surface area contributed by atoms with Gasteiger partial charge >= 0.3 is 11.9 Å². The molecule has 0 aromatic carbocycles. The van der Waals surface area contributed by atoms with E-state index in [0.717, 1.165) is 25.7 Å². The van der Waals surface area contributed by atoms with Gasteiger partial charge in [0.05, 0.1) is 12.5 Å². The Hall–Kier alpha value is -1.32. The second kappa shape index (κ2) is 7.18. The Morgan fingerprint density at radius 1 is 1.25 bits per heavy atom. The maximum absolute atomic E-state index is 12.0. The van der Waals surface area contributed by atoms with Crippen molar-refractivity contribution in [1.29, 1.82) is 0 Å². The van der Waals surface area contributed by atoms with E-state index < -0.39 is 0 Å². The lowest BCUT2D eigenvalue weighted by atomic mass is 9.58. The van der Waals surface area contributed by atoms with Gasteiger partial charge in [0.1, 0.15) is 6.10 Å². The van der Waals surface area contributed by atoms with Gasteiger partial charge < -0.3 is 9.47 Å². The highest BCUT2D eigenvalue weighted by Gasteiger charge is 2.59. The van der Waals surface area contributed by atoms with Gasteiger partial charge in [-0.2, -0.15) is 0 Å². The van der Waals surface area contributed by atoms with Gasteiger partial charge in [0.15, 0.2) is 0 Å². The van der Waals surface area contributed by atoms with Crippen LogP contribution in [-0.2, 0) is 19.1 Å². The minimum Gasteiger partial charge on any atom is -0.465 e. The molecule has 0 aromatic heterocycles. The molecule has 0 amide bonds. The smallest absolute Gasteiger partial charge is 0.313 e. The molecule has 1 heterocycles. The van der Waals surface area contributed by atoms with Gasteiger partial charge in [-0.05, 0) is 55.8 Å². The number of ether oxygens (including phenoxy) is 2. The normalized spacial score (nSPS) is 38.9. The van der Waals surface area contributed by atoms with Gasteiger partial charge in [0.2, 0.25) is 0 Å². The highest BCUT2D eigenvalue weighted by atomic mass is 16.6. The van der Waals surface area contributed by atoms with Crippen LogP contribution >= 0.6 is 0 Å². The molecular weight excluding hydrogens is 352 g/mol. The summed E-state index contributed by atoms with van der Waals surface area (Å²) in [4.78, 5) is 24.0. The van der Waals surface area contributed by atoms with E-state index in [9.17, 15) is 9.59 Å². The topological polar surface area (TPSA) is 52.6 Å². The van der Waals surface area contributed by atoms with E-state index in [1.807, 2.05) is 6.92 Å². The Kier molecular flexibility index (Phi) is 5.12. The third kappa shape index (κ3) is 3.41. The van der Waals surface area contributed by atoms with Crippen LogP contribution in [0.5, 0.6) is 0 Å². The second-order valence-corrected chi connectivity index (χ2v) is 10.7. The highest BCUT2D eigenvalue weighted by Crippen LogP contribution is 2.59. The SMILES string of the molecule is CCCC(=O)OC[C@H]1CCC([C@@]2(C)CCCC(C)(C)C2)=C2C[C@H]3C(=O)O[C@H]3[C@@H]21. The molecule has 4 heteroatoms. The van der Waals surface area contributed by atoms with Crippen LogP contribution in [0, 0.1) is 28.6 Å². The van der Waals surface area contributed by atoms with Crippen molar-refractivity contribution in [3.05, 3.63) is 11.1 Å². The van der Waals surface area contributed by atoms with Crippen molar-refractivity contribution in [2.24, 2.45) is 28.6 Å². The van der Waals surface area contributed by atoms with Crippen LogP contribution in [0.4, 0.5) is 0 Å². The lowest BCUT2D eigenvalue weighted by Crippen LogP contribution is -2.47. The average Bonchev–Trinajstić information content (AvgIpc) is 2.92. The summed E-state index contributed by atoms with van der Waals surface area (Å²) in [6.45, 7) is 9.73. The molecule has 4 nitrogen and oxygen atoms in total. The molecule has 0 N–H and O–H groups in total. The van der Waals surface area contributed by atoms with Gasteiger partial charge in [0.25, 0.3) is 0 Å². The van der Waals surface area contributed by atoms with E-state index in [0.29, 0.717) is 24.4 Å². The van der Waals surface area contributed by atoms with Gasteiger partial charge in [-0.1, -0.05) is 45.3 Å². The Labute approximate surface area is 169 Å². The summed E-state index contributed by atoms with van der Waals surface area (Å²) in [5.74, 6) is 0.481. The first kappa shape index (κ1) is 20.0. The molecule has 4 aliphatic rings. The molecule has 3 aliphatic carbocycles. The van der Waals surface area contributed by atoms with Crippen LogP contribution in [0.2, 0.25) is 0 Å². The van der Waals surface area contributed by atoms with Crippen molar-refractivity contribution in [2.75, 3.05) is 6.61 Å². The maximum atomic E-state index is 12.0. The van der Waals surface area contributed by atoms with Crippen LogP contribution in [-0.4, -0.2) is 24.6 Å². The average molecular weight is 389 g/mol. The monoisotopic (exact) mass is 388 g/mol. The fourth-order valence-corrected chi connectivity index (χ4v) is 6.81. The number of rotatable bonds is 5.